The number of hydrogen-bond acceptors (Lipinski definition) is 6. The van der Waals surface area contributed by atoms with Gasteiger partial charge in [0.05, 0.1) is 24.4 Å². The minimum atomic E-state index is -0.888. The molecular formula is C19H14BrFN2O5. The molecule has 0 aliphatic carbocycles. The number of para-hydroxylation sites is 1. The van der Waals surface area contributed by atoms with Crippen LogP contribution >= 0.6 is 15.9 Å². The van der Waals surface area contributed by atoms with E-state index >= 15 is 0 Å². The summed E-state index contributed by atoms with van der Waals surface area (Å²) >= 11 is 3.11. The van der Waals surface area contributed by atoms with Crippen molar-refractivity contribution in [2.24, 2.45) is 0 Å². The minimum absolute atomic E-state index is 0.107. The molecule has 2 aromatic carbocycles. The molecule has 0 bridgehead atoms. The van der Waals surface area contributed by atoms with Crippen molar-refractivity contribution in [1.29, 1.82) is 0 Å². The molecule has 0 amide bonds. The summed E-state index contributed by atoms with van der Waals surface area (Å²) in [4.78, 5) is 25.0. The Hall–Kier alpha value is -3.20. The third-order valence-corrected chi connectivity index (χ3v) is 4.58. The molecule has 144 valence electrons. The monoisotopic (exact) mass is 448 g/mol. The van der Waals surface area contributed by atoms with Gasteiger partial charge in [-0.15, -0.1) is 0 Å². The second-order valence-electron chi connectivity index (χ2n) is 5.59. The Labute approximate surface area is 167 Å². The van der Waals surface area contributed by atoms with Gasteiger partial charge in [-0.05, 0) is 34.1 Å². The number of carbonyl (C=O) groups is 2. The molecule has 0 spiro atoms. The number of hydrogen-bond donors (Lipinski definition) is 1. The van der Waals surface area contributed by atoms with Gasteiger partial charge in [-0.3, -0.25) is 0 Å². The van der Waals surface area contributed by atoms with Gasteiger partial charge < -0.3 is 14.6 Å². The van der Waals surface area contributed by atoms with Crippen LogP contribution < -0.4 is 0 Å². The second-order valence-corrected chi connectivity index (χ2v) is 6.44. The predicted molar refractivity (Wildman–Crippen MR) is 101 cm³/mol. The first-order valence-corrected chi connectivity index (χ1v) is 8.71. The fourth-order valence-corrected chi connectivity index (χ4v) is 3.00. The smallest absolute Gasteiger partial charge is 0.357 e. The molecule has 0 aliphatic rings. The largest absolute Gasteiger partial charge is 0.507 e. The van der Waals surface area contributed by atoms with Crippen molar-refractivity contribution in [2.45, 2.75) is 0 Å². The van der Waals surface area contributed by atoms with Gasteiger partial charge in [0.25, 0.3) is 0 Å². The summed E-state index contributed by atoms with van der Waals surface area (Å²) in [5, 5.41) is 14.0. The van der Waals surface area contributed by atoms with Crippen molar-refractivity contribution < 1.29 is 28.6 Å². The van der Waals surface area contributed by atoms with E-state index < -0.39 is 17.8 Å². The Morgan fingerprint density at radius 1 is 1.11 bits per heavy atom. The Morgan fingerprint density at radius 3 is 2.36 bits per heavy atom. The Morgan fingerprint density at radius 2 is 1.75 bits per heavy atom. The highest BCUT2D eigenvalue weighted by atomic mass is 79.9. The van der Waals surface area contributed by atoms with Crippen LogP contribution in [0.3, 0.4) is 0 Å². The highest BCUT2D eigenvalue weighted by Crippen LogP contribution is 2.35. The van der Waals surface area contributed by atoms with E-state index in [-0.39, 0.29) is 32.7 Å². The molecule has 0 aliphatic heterocycles. The van der Waals surface area contributed by atoms with Crippen molar-refractivity contribution in [2.75, 3.05) is 14.2 Å². The number of methoxy groups -OCH3 is 2. The standard InChI is InChI=1S/C19H14BrFN2O5/c1-27-18(25)15-16(11-8-12(20)14(24)9-13(11)21)22-23(17(15)19(26)28-2)10-6-4-3-5-7-10/h3-9,24H,1-2H3. The Kier molecular flexibility index (Phi) is 5.46. The Balaban J connectivity index is 2.40. The first-order chi connectivity index (χ1) is 13.4. The zero-order chi connectivity index (χ0) is 20.4. The molecule has 3 aromatic rings. The number of aromatic nitrogens is 2. The number of phenols is 1. The lowest BCUT2D eigenvalue weighted by atomic mass is 10.0. The molecule has 28 heavy (non-hydrogen) atoms. The average molecular weight is 449 g/mol. The third kappa shape index (κ3) is 3.36. The molecule has 0 unspecified atom stereocenters. The molecule has 7 nitrogen and oxygen atoms in total. The highest BCUT2D eigenvalue weighted by Gasteiger charge is 2.32. The van der Waals surface area contributed by atoms with Crippen molar-refractivity contribution in [3.8, 4) is 22.7 Å². The lowest BCUT2D eigenvalue weighted by molar-refractivity contribution is 0.0549. The lowest BCUT2D eigenvalue weighted by Crippen LogP contribution is -2.15. The van der Waals surface area contributed by atoms with Crippen LogP contribution in [0.2, 0.25) is 0 Å². The van der Waals surface area contributed by atoms with E-state index in [1.54, 1.807) is 30.3 Å². The number of nitrogens with zero attached hydrogens (tertiary/aromatic N) is 2. The molecule has 9 heteroatoms. The average Bonchev–Trinajstić information content (AvgIpc) is 3.10. The van der Waals surface area contributed by atoms with Gasteiger partial charge in [-0.1, -0.05) is 18.2 Å². The number of aromatic hydroxyl groups is 1. The van der Waals surface area contributed by atoms with E-state index in [2.05, 4.69) is 21.0 Å². The van der Waals surface area contributed by atoms with Crippen LogP contribution in [0, 0.1) is 5.82 Å². The van der Waals surface area contributed by atoms with E-state index in [1.807, 2.05) is 0 Å². The summed E-state index contributed by atoms with van der Waals surface area (Å²) in [5.74, 6) is -2.89. The highest BCUT2D eigenvalue weighted by molar-refractivity contribution is 9.10. The fourth-order valence-electron chi connectivity index (χ4n) is 2.66. The van der Waals surface area contributed by atoms with Crippen molar-refractivity contribution in [3.63, 3.8) is 0 Å². The van der Waals surface area contributed by atoms with Gasteiger partial charge >= 0.3 is 11.9 Å². The van der Waals surface area contributed by atoms with Crippen LogP contribution in [-0.2, 0) is 9.47 Å². The van der Waals surface area contributed by atoms with Crippen LogP contribution in [0.1, 0.15) is 20.8 Å². The number of carbonyl (C=O) groups excluding carboxylic acids is 2. The number of esters is 2. The first kappa shape index (κ1) is 19.6. The molecule has 0 saturated heterocycles. The fraction of sp³-hybridized carbons (Fsp3) is 0.105. The zero-order valence-electron chi connectivity index (χ0n) is 14.8. The van der Waals surface area contributed by atoms with Gasteiger partial charge in [0.2, 0.25) is 0 Å². The number of phenolic OH excluding ortho intramolecular Hbond substituents is 1. The number of ether oxygens (including phenoxy) is 2. The van der Waals surface area contributed by atoms with Crippen LogP contribution in [-0.4, -0.2) is 41.0 Å². The summed E-state index contributed by atoms with van der Waals surface area (Å²) in [6.07, 6.45) is 0. The topological polar surface area (TPSA) is 90.6 Å². The summed E-state index contributed by atoms with van der Waals surface area (Å²) < 4.78 is 25.6. The van der Waals surface area contributed by atoms with E-state index in [9.17, 15) is 19.1 Å². The molecule has 3 rings (SSSR count). The van der Waals surface area contributed by atoms with E-state index in [1.165, 1.54) is 10.7 Å². The minimum Gasteiger partial charge on any atom is -0.507 e. The number of rotatable bonds is 4. The molecule has 0 saturated carbocycles. The molecule has 1 heterocycles. The van der Waals surface area contributed by atoms with Crippen LogP contribution in [0.5, 0.6) is 5.75 Å². The molecule has 0 fully saturated rings. The van der Waals surface area contributed by atoms with Crippen LogP contribution in [0.25, 0.3) is 16.9 Å². The quantitative estimate of drug-likeness (QED) is 0.611. The van der Waals surface area contributed by atoms with Crippen molar-refractivity contribution in [3.05, 3.63) is 64.0 Å². The molecule has 1 aromatic heterocycles. The van der Waals surface area contributed by atoms with Crippen LogP contribution in [0.15, 0.2) is 46.9 Å². The van der Waals surface area contributed by atoms with Crippen LogP contribution in [0.4, 0.5) is 4.39 Å². The SMILES string of the molecule is COC(=O)c1c(-c2cc(Br)c(O)cc2F)nn(-c2ccccc2)c1C(=O)OC. The second kappa shape index (κ2) is 7.81. The zero-order valence-corrected chi connectivity index (χ0v) is 16.4. The molecular weight excluding hydrogens is 435 g/mol. The molecule has 0 atom stereocenters. The van der Waals surface area contributed by atoms with Gasteiger partial charge in [-0.25, -0.2) is 18.7 Å². The third-order valence-electron chi connectivity index (χ3n) is 3.95. The maximum atomic E-state index is 14.6. The van der Waals surface area contributed by atoms with Gasteiger partial charge in [0, 0.05) is 11.6 Å². The normalized spacial score (nSPS) is 10.6. The summed E-state index contributed by atoms with van der Waals surface area (Å²) in [6.45, 7) is 0. The summed E-state index contributed by atoms with van der Waals surface area (Å²) in [6, 6.07) is 10.7. The molecule has 0 radical (unpaired) electrons. The van der Waals surface area contributed by atoms with Gasteiger partial charge in [0.1, 0.15) is 22.8 Å². The lowest BCUT2D eigenvalue weighted by Gasteiger charge is -2.07. The maximum absolute atomic E-state index is 14.6. The van der Waals surface area contributed by atoms with E-state index in [4.69, 9.17) is 9.47 Å². The van der Waals surface area contributed by atoms with Crippen molar-refractivity contribution >= 4 is 27.9 Å². The number of benzene rings is 2. The molecule has 1 N–H and O–H groups in total. The number of halogens is 2. The van der Waals surface area contributed by atoms with E-state index in [0.29, 0.717) is 5.69 Å². The Bertz CT molecular complexity index is 1070. The predicted octanol–water partition coefficient (Wildman–Crippen LogP) is 3.72. The van der Waals surface area contributed by atoms with Crippen molar-refractivity contribution in [1.82, 2.24) is 9.78 Å². The van der Waals surface area contributed by atoms with Gasteiger partial charge in [-0.2, -0.15) is 5.10 Å². The van der Waals surface area contributed by atoms with Gasteiger partial charge in [0.15, 0.2) is 5.69 Å². The summed E-state index contributed by atoms with van der Waals surface area (Å²) in [5.41, 5.74) is -0.245. The maximum Gasteiger partial charge on any atom is 0.357 e. The first-order valence-electron chi connectivity index (χ1n) is 7.92. The van der Waals surface area contributed by atoms with E-state index in [0.717, 1.165) is 20.3 Å². The summed E-state index contributed by atoms with van der Waals surface area (Å²) in [7, 11) is 2.29.